The molecule has 1 aromatic carbocycles. The van der Waals surface area contributed by atoms with Crippen molar-refractivity contribution < 1.29 is 9.53 Å². The predicted molar refractivity (Wildman–Crippen MR) is 102 cm³/mol. The molecule has 3 aromatic rings. The van der Waals surface area contributed by atoms with Crippen molar-refractivity contribution in [3.05, 3.63) is 75.2 Å². The standard InChI is InChI=1S/C20H21N3O2S/c1-14-8-10-26-19(14)20(24)21-11-17-18-16(7-9-25-17)13-23(22-18)12-15-5-3-2-4-6-15/h2-6,8,10,13,17H,7,9,11-12H2,1H3,(H,21,24). The number of rotatable bonds is 5. The average molecular weight is 367 g/mol. The van der Waals surface area contributed by atoms with E-state index in [1.54, 1.807) is 0 Å². The SMILES string of the molecule is Cc1ccsc1C(=O)NCC1OCCc2cn(Cc3ccccc3)nc21. The highest BCUT2D eigenvalue weighted by Gasteiger charge is 2.25. The largest absolute Gasteiger partial charge is 0.370 e. The van der Waals surface area contributed by atoms with E-state index in [2.05, 4.69) is 23.6 Å². The van der Waals surface area contributed by atoms with Gasteiger partial charge in [-0.3, -0.25) is 9.48 Å². The number of carbonyl (C=O) groups is 1. The van der Waals surface area contributed by atoms with Gasteiger partial charge in [-0.15, -0.1) is 11.3 Å². The van der Waals surface area contributed by atoms with E-state index < -0.39 is 0 Å². The second-order valence-corrected chi connectivity index (χ2v) is 7.39. The third kappa shape index (κ3) is 3.57. The van der Waals surface area contributed by atoms with Gasteiger partial charge >= 0.3 is 0 Å². The van der Waals surface area contributed by atoms with Gasteiger partial charge in [0.05, 0.1) is 23.7 Å². The number of hydrogen-bond donors (Lipinski definition) is 1. The number of hydrogen-bond acceptors (Lipinski definition) is 4. The minimum Gasteiger partial charge on any atom is -0.370 e. The molecule has 0 spiro atoms. The lowest BCUT2D eigenvalue weighted by molar-refractivity contribution is 0.0384. The molecule has 1 aliphatic rings. The number of fused-ring (bicyclic) bond motifs is 1. The van der Waals surface area contributed by atoms with Crippen molar-refractivity contribution >= 4 is 17.2 Å². The number of carbonyl (C=O) groups excluding carboxylic acids is 1. The Hall–Kier alpha value is -2.44. The summed E-state index contributed by atoms with van der Waals surface area (Å²) in [5.74, 6) is -0.0445. The minimum atomic E-state index is -0.194. The Bertz CT molecular complexity index is 901. The highest BCUT2D eigenvalue weighted by molar-refractivity contribution is 7.12. The molecule has 1 amide bonds. The van der Waals surface area contributed by atoms with Gasteiger partial charge in [-0.25, -0.2) is 0 Å². The number of benzene rings is 1. The van der Waals surface area contributed by atoms with Crippen molar-refractivity contribution in [1.29, 1.82) is 0 Å². The van der Waals surface area contributed by atoms with Crippen molar-refractivity contribution in [2.75, 3.05) is 13.2 Å². The van der Waals surface area contributed by atoms with Crippen LogP contribution in [0.15, 0.2) is 48.0 Å². The normalized spacial score (nSPS) is 16.3. The average Bonchev–Trinajstić information content (AvgIpc) is 3.26. The van der Waals surface area contributed by atoms with Crippen LogP contribution in [0.2, 0.25) is 0 Å². The van der Waals surface area contributed by atoms with Crippen molar-refractivity contribution in [1.82, 2.24) is 15.1 Å². The topological polar surface area (TPSA) is 56.1 Å². The van der Waals surface area contributed by atoms with E-state index >= 15 is 0 Å². The molecule has 0 radical (unpaired) electrons. The second-order valence-electron chi connectivity index (χ2n) is 6.47. The van der Waals surface area contributed by atoms with E-state index in [0.717, 1.165) is 29.1 Å². The number of ether oxygens (including phenoxy) is 1. The molecular weight excluding hydrogens is 346 g/mol. The summed E-state index contributed by atoms with van der Waals surface area (Å²) < 4.78 is 7.84. The number of nitrogens with one attached hydrogen (secondary N) is 1. The molecule has 0 fully saturated rings. The Morgan fingerprint density at radius 1 is 1.35 bits per heavy atom. The van der Waals surface area contributed by atoms with E-state index in [1.807, 2.05) is 41.3 Å². The van der Waals surface area contributed by atoms with Crippen molar-refractivity contribution in [2.45, 2.75) is 26.0 Å². The number of thiophene rings is 1. The lowest BCUT2D eigenvalue weighted by Gasteiger charge is -2.22. The fourth-order valence-corrected chi connectivity index (χ4v) is 4.05. The fraction of sp³-hybridized carbons (Fsp3) is 0.300. The zero-order valence-electron chi connectivity index (χ0n) is 14.6. The first kappa shape index (κ1) is 17.0. The van der Waals surface area contributed by atoms with Crippen LogP contribution < -0.4 is 5.32 Å². The molecular formula is C20H21N3O2S. The minimum absolute atomic E-state index is 0.0445. The molecule has 1 aliphatic heterocycles. The van der Waals surface area contributed by atoms with E-state index in [4.69, 9.17) is 9.84 Å². The molecule has 0 bridgehead atoms. The second kappa shape index (κ2) is 7.43. The Labute approximate surface area is 156 Å². The first-order valence-electron chi connectivity index (χ1n) is 8.75. The van der Waals surface area contributed by atoms with Gasteiger partial charge in [-0.05, 0) is 41.5 Å². The van der Waals surface area contributed by atoms with Gasteiger partial charge in [-0.1, -0.05) is 30.3 Å². The number of aromatic nitrogens is 2. The molecule has 0 aliphatic carbocycles. The summed E-state index contributed by atoms with van der Waals surface area (Å²) in [6.45, 7) is 3.78. The molecule has 134 valence electrons. The maximum atomic E-state index is 12.3. The van der Waals surface area contributed by atoms with Crippen molar-refractivity contribution in [3.8, 4) is 0 Å². The summed E-state index contributed by atoms with van der Waals surface area (Å²) in [5.41, 5.74) is 4.37. The lowest BCUT2D eigenvalue weighted by atomic mass is 10.1. The Morgan fingerprint density at radius 3 is 2.96 bits per heavy atom. The Kier molecular flexibility index (Phi) is 4.86. The van der Waals surface area contributed by atoms with Gasteiger partial charge in [0.1, 0.15) is 6.10 Å². The Balaban J connectivity index is 1.45. The summed E-state index contributed by atoms with van der Waals surface area (Å²) >= 11 is 1.46. The van der Waals surface area contributed by atoms with Crippen LogP contribution in [0.25, 0.3) is 0 Å². The van der Waals surface area contributed by atoms with Crippen LogP contribution in [0.5, 0.6) is 0 Å². The van der Waals surface area contributed by atoms with E-state index in [9.17, 15) is 4.79 Å². The van der Waals surface area contributed by atoms with E-state index in [0.29, 0.717) is 13.2 Å². The van der Waals surface area contributed by atoms with Crippen molar-refractivity contribution in [2.24, 2.45) is 0 Å². The van der Waals surface area contributed by atoms with Crippen LogP contribution in [-0.4, -0.2) is 28.8 Å². The molecule has 2 aromatic heterocycles. The molecule has 0 saturated heterocycles. The highest BCUT2D eigenvalue weighted by Crippen LogP contribution is 2.26. The predicted octanol–water partition coefficient (Wildman–Crippen LogP) is 3.35. The quantitative estimate of drug-likeness (QED) is 0.752. The maximum absolute atomic E-state index is 12.3. The summed E-state index contributed by atoms with van der Waals surface area (Å²) in [6.07, 6.45) is 2.77. The van der Waals surface area contributed by atoms with Gasteiger partial charge in [0.15, 0.2) is 0 Å². The third-order valence-corrected chi connectivity index (χ3v) is 5.58. The summed E-state index contributed by atoms with van der Waals surface area (Å²) in [4.78, 5) is 13.1. The molecule has 0 saturated carbocycles. The van der Waals surface area contributed by atoms with Crippen LogP contribution in [0, 0.1) is 6.92 Å². The number of amides is 1. The monoisotopic (exact) mass is 367 g/mol. The Morgan fingerprint density at radius 2 is 2.19 bits per heavy atom. The molecule has 4 rings (SSSR count). The van der Waals surface area contributed by atoms with Crippen LogP contribution in [0.1, 0.15) is 38.2 Å². The molecule has 1 unspecified atom stereocenters. The van der Waals surface area contributed by atoms with Crippen LogP contribution in [0.3, 0.4) is 0 Å². The fourth-order valence-electron chi connectivity index (χ4n) is 3.21. The smallest absolute Gasteiger partial charge is 0.261 e. The van der Waals surface area contributed by atoms with E-state index in [-0.39, 0.29) is 12.0 Å². The molecule has 26 heavy (non-hydrogen) atoms. The molecule has 1 N–H and O–H groups in total. The molecule has 1 atom stereocenters. The van der Waals surface area contributed by atoms with Crippen molar-refractivity contribution in [3.63, 3.8) is 0 Å². The van der Waals surface area contributed by atoms with Gasteiger partial charge < -0.3 is 10.1 Å². The highest BCUT2D eigenvalue weighted by atomic mass is 32.1. The maximum Gasteiger partial charge on any atom is 0.261 e. The zero-order valence-corrected chi connectivity index (χ0v) is 15.5. The van der Waals surface area contributed by atoms with Gasteiger partial charge in [0, 0.05) is 12.7 Å². The first-order chi connectivity index (χ1) is 12.7. The van der Waals surface area contributed by atoms with E-state index in [1.165, 1.54) is 22.5 Å². The van der Waals surface area contributed by atoms with Crippen LogP contribution >= 0.6 is 11.3 Å². The van der Waals surface area contributed by atoms with Gasteiger partial charge in [0.2, 0.25) is 0 Å². The molecule has 3 heterocycles. The molecule has 5 nitrogen and oxygen atoms in total. The zero-order chi connectivity index (χ0) is 17.9. The summed E-state index contributed by atoms with van der Waals surface area (Å²) in [5, 5.41) is 9.66. The van der Waals surface area contributed by atoms with Crippen LogP contribution in [0.4, 0.5) is 0 Å². The lowest BCUT2D eigenvalue weighted by Crippen LogP contribution is -2.31. The number of aryl methyl sites for hydroxylation is 1. The molecule has 6 heteroatoms. The van der Waals surface area contributed by atoms with Gasteiger partial charge in [-0.2, -0.15) is 5.10 Å². The summed E-state index contributed by atoms with van der Waals surface area (Å²) in [6, 6.07) is 12.2. The van der Waals surface area contributed by atoms with Crippen LogP contribution in [-0.2, 0) is 17.7 Å². The third-order valence-electron chi connectivity index (χ3n) is 4.57. The number of nitrogens with zero attached hydrogens (tertiary/aromatic N) is 2. The first-order valence-corrected chi connectivity index (χ1v) is 9.62. The van der Waals surface area contributed by atoms with Gasteiger partial charge in [0.25, 0.3) is 5.91 Å². The summed E-state index contributed by atoms with van der Waals surface area (Å²) in [7, 11) is 0.